The van der Waals surface area contributed by atoms with Crippen LogP contribution in [0.5, 0.6) is 5.75 Å². The second kappa shape index (κ2) is 9.60. The molecular weight excluding hydrogens is 388 g/mol. The highest BCUT2D eigenvalue weighted by Gasteiger charge is 2.25. The fourth-order valence-corrected chi connectivity index (χ4v) is 4.15. The Morgan fingerprint density at radius 3 is 2.58 bits per heavy atom. The maximum absolute atomic E-state index is 12.9. The van der Waals surface area contributed by atoms with E-state index in [2.05, 4.69) is 17.1 Å². The van der Waals surface area contributed by atoms with E-state index in [1.807, 2.05) is 41.4 Å². The number of carbonyl (C=O) groups is 1. The number of rotatable bonds is 6. The molecule has 4 rings (SSSR count). The van der Waals surface area contributed by atoms with Crippen molar-refractivity contribution in [1.82, 2.24) is 14.9 Å². The topological polar surface area (TPSA) is 81.3 Å². The van der Waals surface area contributed by atoms with Gasteiger partial charge in [0.2, 0.25) is 5.91 Å². The number of amides is 1. The molecule has 0 saturated carbocycles. The van der Waals surface area contributed by atoms with Crippen LogP contribution in [-0.2, 0) is 11.2 Å². The molecule has 31 heavy (non-hydrogen) atoms. The van der Waals surface area contributed by atoms with E-state index >= 15 is 0 Å². The summed E-state index contributed by atoms with van der Waals surface area (Å²) in [7, 11) is 1.66. The predicted octanol–water partition coefficient (Wildman–Crippen LogP) is 4.07. The summed E-state index contributed by atoms with van der Waals surface area (Å²) in [6, 6.07) is 15.8. The number of carbonyl (C=O) groups excluding carboxylic acids is 1. The summed E-state index contributed by atoms with van der Waals surface area (Å²) in [6.45, 7) is 1.54. The van der Waals surface area contributed by atoms with Gasteiger partial charge in [-0.05, 0) is 49.1 Å². The molecule has 6 heteroatoms. The lowest BCUT2D eigenvalue weighted by Crippen LogP contribution is -2.39. The average molecular weight is 417 g/mol. The number of hydrogen-bond donors (Lipinski definition) is 1. The first-order valence-corrected chi connectivity index (χ1v) is 10.7. The van der Waals surface area contributed by atoms with Crippen molar-refractivity contribution in [3.8, 4) is 16.9 Å². The van der Waals surface area contributed by atoms with Crippen molar-refractivity contribution in [3.05, 3.63) is 72.2 Å². The molecule has 2 N–H and O–H groups in total. The Bertz CT molecular complexity index is 1020. The fraction of sp³-hybridized carbons (Fsp3) is 0.320. The van der Waals surface area contributed by atoms with Crippen LogP contribution in [0, 0.1) is 0 Å². The van der Waals surface area contributed by atoms with Gasteiger partial charge in [0.1, 0.15) is 11.6 Å². The van der Waals surface area contributed by atoms with E-state index in [0.717, 1.165) is 54.1 Å². The van der Waals surface area contributed by atoms with Crippen LogP contribution in [0.1, 0.15) is 36.4 Å². The van der Waals surface area contributed by atoms with Gasteiger partial charge in [-0.1, -0.05) is 24.3 Å². The Balaban J connectivity index is 1.37. The molecule has 1 atom stereocenters. The summed E-state index contributed by atoms with van der Waals surface area (Å²) < 4.78 is 5.40. The standard InChI is InChI=1S/C25H28N4O2/c1-31-23-7-3-2-5-18(23)10-13-25(30)29-14-4-6-21(17-29)22-11-8-19(15-27-22)20-9-12-24(26)28-16-20/h2-3,5,7-9,11-12,15-16,21H,4,6,10,13-14,17H2,1H3,(H2,26,28)/t21-/m0/s1. The molecule has 2 aromatic heterocycles. The Hall–Kier alpha value is -3.41. The van der Waals surface area contributed by atoms with Gasteiger partial charge in [-0.3, -0.25) is 9.78 Å². The Morgan fingerprint density at radius 2 is 1.87 bits per heavy atom. The van der Waals surface area contributed by atoms with E-state index in [1.165, 1.54) is 0 Å². The first-order valence-electron chi connectivity index (χ1n) is 10.7. The predicted molar refractivity (Wildman–Crippen MR) is 122 cm³/mol. The number of benzene rings is 1. The van der Waals surface area contributed by atoms with Crippen LogP contribution in [0.2, 0.25) is 0 Å². The van der Waals surface area contributed by atoms with Crippen LogP contribution in [0.25, 0.3) is 11.1 Å². The largest absolute Gasteiger partial charge is 0.496 e. The fourth-order valence-electron chi connectivity index (χ4n) is 4.15. The van der Waals surface area contributed by atoms with E-state index in [9.17, 15) is 4.79 Å². The van der Waals surface area contributed by atoms with Gasteiger partial charge in [-0.25, -0.2) is 4.98 Å². The van der Waals surface area contributed by atoms with Gasteiger partial charge >= 0.3 is 0 Å². The molecule has 6 nitrogen and oxygen atoms in total. The number of ether oxygens (including phenoxy) is 1. The first-order chi connectivity index (χ1) is 15.1. The van der Waals surface area contributed by atoms with E-state index in [1.54, 1.807) is 19.4 Å². The highest BCUT2D eigenvalue weighted by atomic mass is 16.5. The van der Waals surface area contributed by atoms with Gasteiger partial charge in [0.25, 0.3) is 0 Å². The average Bonchev–Trinajstić information content (AvgIpc) is 2.83. The van der Waals surface area contributed by atoms with Gasteiger partial charge < -0.3 is 15.4 Å². The number of aryl methyl sites for hydroxylation is 1. The number of para-hydroxylation sites is 1. The number of nitrogens with two attached hydrogens (primary N) is 1. The first kappa shape index (κ1) is 20.8. The lowest BCUT2D eigenvalue weighted by molar-refractivity contribution is -0.132. The molecule has 0 bridgehead atoms. The van der Waals surface area contributed by atoms with Crippen LogP contribution in [0.3, 0.4) is 0 Å². The maximum atomic E-state index is 12.9. The zero-order valence-corrected chi connectivity index (χ0v) is 17.8. The minimum atomic E-state index is 0.195. The van der Waals surface area contributed by atoms with Crippen molar-refractivity contribution in [1.29, 1.82) is 0 Å². The third-order valence-corrected chi connectivity index (χ3v) is 5.90. The highest BCUT2D eigenvalue weighted by molar-refractivity contribution is 5.76. The molecule has 1 aliphatic heterocycles. The number of nitrogen functional groups attached to an aromatic ring is 1. The van der Waals surface area contributed by atoms with Crippen LogP contribution >= 0.6 is 0 Å². The molecule has 0 radical (unpaired) electrons. The van der Waals surface area contributed by atoms with E-state index in [-0.39, 0.29) is 11.8 Å². The molecule has 0 aliphatic carbocycles. The molecule has 1 amide bonds. The van der Waals surface area contributed by atoms with Crippen molar-refractivity contribution in [2.45, 2.75) is 31.6 Å². The molecule has 1 aromatic carbocycles. The number of nitrogens with zero attached hydrogens (tertiary/aromatic N) is 3. The monoisotopic (exact) mass is 416 g/mol. The summed E-state index contributed by atoms with van der Waals surface area (Å²) in [5.74, 6) is 1.81. The maximum Gasteiger partial charge on any atom is 0.222 e. The number of piperidine rings is 1. The summed E-state index contributed by atoms with van der Waals surface area (Å²) in [5.41, 5.74) is 9.78. The van der Waals surface area contributed by atoms with Crippen LogP contribution in [0.15, 0.2) is 60.9 Å². The Labute approximate surface area is 183 Å². The van der Waals surface area contributed by atoms with Crippen LogP contribution < -0.4 is 10.5 Å². The zero-order valence-electron chi connectivity index (χ0n) is 17.8. The van der Waals surface area contributed by atoms with Crippen molar-refractivity contribution in [2.24, 2.45) is 0 Å². The smallest absolute Gasteiger partial charge is 0.222 e. The van der Waals surface area contributed by atoms with Crippen molar-refractivity contribution >= 4 is 11.7 Å². The van der Waals surface area contributed by atoms with Gasteiger partial charge in [0, 0.05) is 54.6 Å². The summed E-state index contributed by atoms with van der Waals surface area (Å²) in [5, 5.41) is 0. The van der Waals surface area contributed by atoms with E-state index in [0.29, 0.717) is 18.7 Å². The molecule has 3 heterocycles. The third-order valence-electron chi connectivity index (χ3n) is 5.90. The Kier molecular flexibility index (Phi) is 6.46. The van der Waals surface area contributed by atoms with Crippen LogP contribution in [-0.4, -0.2) is 41.0 Å². The van der Waals surface area contributed by atoms with Gasteiger partial charge in [0.15, 0.2) is 0 Å². The normalized spacial score (nSPS) is 16.2. The van der Waals surface area contributed by atoms with Crippen molar-refractivity contribution in [3.63, 3.8) is 0 Å². The van der Waals surface area contributed by atoms with Gasteiger partial charge in [-0.15, -0.1) is 0 Å². The molecule has 0 unspecified atom stereocenters. The quantitative estimate of drug-likeness (QED) is 0.655. The van der Waals surface area contributed by atoms with Crippen molar-refractivity contribution in [2.75, 3.05) is 25.9 Å². The molecule has 1 saturated heterocycles. The minimum absolute atomic E-state index is 0.195. The van der Waals surface area contributed by atoms with Crippen molar-refractivity contribution < 1.29 is 9.53 Å². The number of methoxy groups -OCH3 is 1. The molecule has 0 spiro atoms. The van der Waals surface area contributed by atoms with E-state index in [4.69, 9.17) is 15.5 Å². The summed E-state index contributed by atoms with van der Waals surface area (Å²) >= 11 is 0. The van der Waals surface area contributed by atoms with Crippen LogP contribution in [0.4, 0.5) is 5.82 Å². The summed E-state index contributed by atoms with van der Waals surface area (Å²) in [4.78, 5) is 23.7. The number of aromatic nitrogens is 2. The SMILES string of the molecule is COc1ccccc1CCC(=O)N1CCC[C@H](c2ccc(-c3ccc(N)nc3)cn2)C1. The number of anilines is 1. The molecule has 1 fully saturated rings. The number of pyridine rings is 2. The van der Waals surface area contributed by atoms with E-state index < -0.39 is 0 Å². The lowest BCUT2D eigenvalue weighted by Gasteiger charge is -2.32. The number of hydrogen-bond acceptors (Lipinski definition) is 5. The molecule has 3 aromatic rings. The van der Waals surface area contributed by atoms with Gasteiger partial charge in [-0.2, -0.15) is 0 Å². The highest BCUT2D eigenvalue weighted by Crippen LogP contribution is 2.28. The minimum Gasteiger partial charge on any atom is -0.496 e. The molecule has 160 valence electrons. The summed E-state index contributed by atoms with van der Waals surface area (Å²) in [6.07, 6.45) is 6.86. The Morgan fingerprint density at radius 1 is 1.10 bits per heavy atom. The zero-order chi connectivity index (χ0) is 21.6. The number of likely N-dealkylation sites (tertiary alicyclic amines) is 1. The van der Waals surface area contributed by atoms with Gasteiger partial charge in [0.05, 0.1) is 7.11 Å². The molecular formula is C25H28N4O2. The molecule has 1 aliphatic rings. The second-order valence-electron chi connectivity index (χ2n) is 7.93. The second-order valence-corrected chi connectivity index (χ2v) is 7.93. The lowest BCUT2D eigenvalue weighted by atomic mass is 9.93. The third kappa shape index (κ3) is 5.02.